The number of carbonyl (C=O) groups excluding carboxylic acids is 1. The Hall–Kier alpha value is -0.940. The summed E-state index contributed by atoms with van der Waals surface area (Å²) in [5, 5.41) is 2.64. The third kappa shape index (κ3) is 3.60. The van der Waals surface area contributed by atoms with Crippen LogP contribution in [0.3, 0.4) is 0 Å². The van der Waals surface area contributed by atoms with Crippen molar-refractivity contribution in [3.8, 4) is 0 Å². The van der Waals surface area contributed by atoms with Gasteiger partial charge in [0, 0.05) is 18.2 Å². The zero-order valence-corrected chi connectivity index (χ0v) is 9.84. The number of benzene rings is 1. The second kappa shape index (κ2) is 5.23. The van der Waals surface area contributed by atoms with E-state index in [-0.39, 0.29) is 16.4 Å². The van der Waals surface area contributed by atoms with Crippen LogP contribution in [0, 0.1) is 5.82 Å². The molecule has 0 aromatic heterocycles. The molecule has 0 spiro atoms. The maximum atomic E-state index is 12.9. The smallest absolute Gasteiger partial charge is 0.251 e. The Bertz CT molecular complexity index is 368. The molecule has 5 heteroatoms. The molecule has 0 aliphatic carbocycles. The number of carbonyl (C=O) groups is 1. The van der Waals surface area contributed by atoms with Crippen molar-refractivity contribution in [2.45, 2.75) is 13.0 Å². The summed E-state index contributed by atoms with van der Waals surface area (Å²) in [7, 11) is 0. The van der Waals surface area contributed by atoms with Gasteiger partial charge in [0.1, 0.15) is 5.82 Å². The number of hydrogen-bond acceptors (Lipinski definition) is 2. The Morgan fingerprint density at radius 1 is 1.67 bits per heavy atom. The lowest BCUT2D eigenvalue weighted by Gasteiger charge is -2.07. The van der Waals surface area contributed by atoms with Crippen LogP contribution < -0.4 is 11.1 Å². The summed E-state index contributed by atoms with van der Waals surface area (Å²) in [6.45, 7) is 2.19. The molecule has 0 aliphatic rings. The topological polar surface area (TPSA) is 55.1 Å². The van der Waals surface area contributed by atoms with Crippen molar-refractivity contribution in [3.05, 3.63) is 34.1 Å². The molecule has 3 nitrogen and oxygen atoms in total. The quantitative estimate of drug-likeness (QED) is 0.881. The molecule has 1 unspecified atom stereocenters. The highest BCUT2D eigenvalue weighted by Gasteiger charge is 2.08. The van der Waals surface area contributed by atoms with Crippen LogP contribution in [0.2, 0.25) is 0 Å². The number of amides is 1. The Kier molecular flexibility index (Phi) is 4.23. The van der Waals surface area contributed by atoms with Gasteiger partial charge in [-0.05, 0) is 41.1 Å². The van der Waals surface area contributed by atoms with Gasteiger partial charge in [0.25, 0.3) is 5.91 Å². The van der Waals surface area contributed by atoms with Crippen LogP contribution in [0.15, 0.2) is 22.7 Å². The van der Waals surface area contributed by atoms with E-state index in [1.165, 1.54) is 18.2 Å². The molecule has 1 rings (SSSR count). The normalized spacial score (nSPS) is 12.3. The fourth-order valence-electron chi connectivity index (χ4n) is 0.993. The monoisotopic (exact) mass is 274 g/mol. The maximum Gasteiger partial charge on any atom is 0.251 e. The van der Waals surface area contributed by atoms with E-state index in [0.717, 1.165) is 0 Å². The first-order valence-corrected chi connectivity index (χ1v) is 5.29. The molecule has 0 aliphatic heterocycles. The zero-order valence-electron chi connectivity index (χ0n) is 8.26. The van der Waals surface area contributed by atoms with Crippen LogP contribution in [-0.4, -0.2) is 18.5 Å². The summed E-state index contributed by atoms with van der Waals surface area (Å²) in [6, 6.07) is 4.01. The standard InChI is InChI=1S/C10H12BrFN2O/c1-6(13)5-14-10(15)7-2-3-9(12)8(11)4-7/h2-4,6H,5,13H2,1H3,(H,14,15). The average molecular weight is 275 g/mol. The highest BCUT2D eigenvalue weighted by Crippen LogP contribution is 2.16. The van der Waals surface area contributed by atoms with Gasteiger partial charge in [-0.1, -0.05) is 0 Å². The predicted octanol–water partition coefficient (Wildman–Crippen LogP) is 1.67. The van der Waals surface area contributed by atoms with Crippen LogP contribution in [0.5, 0.6) is 0 Å². The van der Waals surface area contributed by atoms with Gasteiger partial charge >= 0.3 is 0 Å². The summed E-state index contributed by atoms with van der Waals surface area (Å²) in [5.41, 5.74) is 5.90. The van der Waals surface area contributed by atoms with Gasteiger partial charge in [-0.3, -0.25) is 4.79 Å². The summed E-state index contributed by atoms with van der Waals surface area (Å²) in [5.74, 6) is -0.647. The summed E-state index contributed by atoms with van der Waals surface area (Å²) in [4.78, 5) is 11.5. The average Bonchev–Trinajstić information content (AvgIpc) is 2.18. The maximum absolute atomic E-state index is 12.9. The summed E-state index contributed by atoms with van der Waals surface area (Å²) >= 11 is 3.01. The van der Waals surface area contributed by atoms with E-state index in [9.17, 15) is 9.18 Å². The van der Waals surface area contributed by atoms with Crippen molar-refractivity contribution in [1.29, 1.82) is 0 Å². The number of nitrogens with two attached hydrogens (primary N) is 1. The molecule has 0 saturated heterocycles. The molecule has 0 saturated carbocycles. The lowest BCUT2D eigenvalue weighted by molar-refractivity contribution is 0.0951. The molecule has 3 N–H and O–H groups in total. The van der Waals surface area contributed by atoms with Gasteiger partial charge in [0.05, 0.1) is 4.47 Å². The second-order valence-corrected chi connectivity index (χ2v) is 4.17. The minimum absolute atomic E-state index is 0.0992. The third-order valence-corrected chi connectivity index (χ3v) is 2.37. The Morgan fingerprint density at radius 2 is 2.33 bits per heavy atom. The van der Waals surface area contributed by atoms with Gasteiger partial charge in [-0.15, -0.1) is 0 Å². The van der Waals surface area contributed by atoms with Gasteiger partial charge < -0.3 is 11.1 Å². The van der Waals surface area contributed by atoms with E-state index < -0.39 is 5.82 Å². The molecule has 0 heterocycles. The Balaban J connectivity index is 2.70. The van der Waals surface area contributed by atoms with E-state index >= 15 is 0 Å². The summed E-state index contributed by atoms with van der Waals surface area (Å²) < 4.78 is 13.2. The predicted molar refractivity (Wildman–Crippen MR) is 60.1 cm³/mol. The van der Waals surface area contributed by atoms with Crippen LogP contribution in [0.25, 0.3) is 0 Å². The first-order chi connectivity index (χ1) is 7.00. The molecule has 1 aromatic carbocycles. The molecular weight excluding hydrogens is 263 g/mol. The van der Waals surface area contributed by atoms with Crippen molar-refractivity contribution in [3.63, 3.8) is 0 Å². The van der Waals surface area contributed by atoms with E-state index in [1.807, 2.05) is 0 Å². The molecule has 0 bridgehead atoms. The molecule has 1 aromatic rings. The highest BCUT2D eigenvalue weighted by atomic mass is 79.9. The number of nitrogens with one attached hydrogen (secondary N) is 1. The molecular formula is C10H12BrFN2O. The molecule has 0 radical (unpaired) electrons. The van der Waals surface area contributed by atoms with Crippen molar-refractivity contribution in [2.24, 2.45) is 5.73 Å². The molecule has 82 valence electrons. The SMILES string of the molecule is CC(N)CNC(=O)c1ccc(F)c(Br)c1. The first kappa shape index (κ1) is 12.1. The van der Waals surface area contributed by atoms with E-state index in [0.29, 0.717) is 12.1 Å². The van der Waals surface area contributed by atoms with Crippen molar-refractivity contribution in [1.82, 2.24) is 5.32 Å². The highest BCUT2D eigenvalue weighted by molar-refractivity contribution is 9.10. The number of hydrogen-bond donors (Lipinski definition) is 2. The first-order valence-electron chi connectivity index (χ1n) is 4.49. The zero-order chi connectivity index (χ0) is 11.4. The summed E-state index contributed by atoms with van der Waals surface area (Å²) in [6.07, 6.45) is 0. The second-order valence-electron chi connectivity index (χ2n) is 3.32. The lowest BCUT2D eigenvalue weighted by atomic mass is 10.2. The van der Waals surface area contributed by atoms with Crippen molar-refractivity contribution < 1.29 is 9.18 Å². The fraction of sp³-hybridized carbons (Fsp3) is 0.300. The van der Waals surface area contributed by atoms with E-state index in [1.54, 1.807) is 6.92 Å². The fourth-order valence-corrected chi connectivity index (χ4v) is 1.37. The molecule has 1 amide bonds. The minimum Gasteiger partial charge on any atom is -0.350 e. The van der Waals surface area contributed by atoms with Crippen LogP contribution in [0.4, 0.5) is 4.39 Å². The van der Waals surface area contributed by atoms with Crippen LogP contribution in [0.1, 0.15) is 17.3 Å². The lowest BCUT2D eigenvalue weighted by Crippen LogP contribution is -2.35. The number of halogens is 2. The van der Waals surface area contributed by atoms with E-state index in [4.69, 9.17) is 5.73 Å². The van der Waals surface area contributed by atoms with Gasteiger partial charge in [0.15, 0.2) is 0 Å². The minimum atomic E-state index is -0.390. The Labute approximate surface area is 96.0 Å². The third-order valence-electron chi connectivity index (χ3n) is 1.77. The van der Waals surface area contributed by atoms with Crippen molar-refractivity contribution in [2.75, 3.05) is 6.54 Å². The number of rotatable bonds is 3. The van der Waals surface area contributed by atoms with E-state index in [2.05, 4.69) is 21.2 Å². The van der Waals surface area contributed by atoms with Gasteiger partial charge in [-0.25, -0.2) is 4.39 Å². The van der Waals surface area contributed by atoms with Gasteiger partial charge in [-0.2, -0.15) is 0 Å². The molecule has 0 fully saturated rings. The van der Waals surface area contributed by atoms with Crippen molar-refractivity contribution >= 4 is 21.8 Å². The molecule has 15 heavy (non-hydrogen) atoms. The largest absolute Gasteiger partial charge is 0.350 e. The Morgan fingerprint density at radius 3 is 2.87 bits per heavy atom. The van der Waals surface area contributed by atoms with Crippen LogP contribution in [-0.2, 0) is 0 Å². The molecule has 1 atom stereocenters. The van der Waals surface area contributed by atoms with Gasteiger partial charge in [0.2, 0.25) is 0 Å². The van der Waals surface area contributed by atoms with Crippen LogP contribution >= 0.6 is 15.9 Å².